The first-order chi connectivity index (χ1) is 14.1. The first kappa shape index (κ1) is 24.4. The van der Waals surface area contributed by atoms with E-state index in [0.29, 0.717) is 18.4 Å². The van der Waals surface area contributed by atoms with E-state index >= 15 is 0 Å². The zero-order chi connectivity index (χ0) is 20.6. The number of aryl methyl sites for hydroxylation is 2. The summed E-state index contributed by atoms with van der Waals surface area (Å²) in [5.41, 5.74) is 2.14. The van der Waals surface area contributed by atoms with E-state index in [9.17, 15) is 0 Å². The van der Waals surface area contributed by atoms with Crippen LogP contribution in [0.5, 0.6) is 5.75 Å². The molecule has 0 aliphatic carbocycles. The molecule has 0 spiro atoms. The number of nitrogens with one attached hydrogen (secondary N) is 2. The van der Waals surface area contributed by atoms with Crippen molar-refractivity contribution in [2.24, 2.45) is 4.99 Å². The molecule has 166 valence electrons. The first-order valence-electron chi connectivity index (χ1n) is 9.94. The molecule has 1 unspecified atom stereocenters. The maximum Gasteiger partial charge on any atom is 0.214 e. The molecule has 9 heteroatoms. The summed E-state index contributed by atoms with van der Waals surface area (Å²) in [4.78, 5) is 11.2. The number of aliphatic imine (C=N–C) groups is 1. The fourth-order valence-corrected chi connectivity index (χ4v) is 3.36. The Hall–Kier alpha value is -1.85. The number of morpholine rings is 1. The van der Waals surface area contributed by atoms with Gasteiger partial charge in [-0.25, -0.2) is 4.98 Å². The van der Waals surface area contributed by atoms with Gasteiger partial charge < -0.3 is 24.5 Å². The molecular weight excluding hydrogens is 497 g/mol. The molecule has 0 bridgehead atoms. The van der Waals surface area contributed by atoms with Crippen molar-refractivity contribution < 1.29 is 13.9 Å². The molecule has 0 saturated carbocycles. The Kier molecular flexibility index (Phi) is 9.86. The predicted molar refractivity (Wildman–Crippen MR) is 128 cm³/mol. The second-order valence-corrected chi connectivity index (χ2v) is 6.99. The average Bonchev–Trinajstić information content (AvgIpc) is 3.09. The third kappa shape index (κ3) is 6.58. The number of oxazole rings is 1. The van der Waals surface area contributed by atoms with Gasteiger partial charge in [-0.05, 0) is 31.5 Å². The number of halogens is 1. The Labute approximate surface area is 195 Å². The molecule has 2 aromatic rings. The van der Waals surface area contributed by atoms with Crippen LogP contribution < -0.4 is 15.4 Å². The maximum atomic E-state index is 5.63. The van der Waals surface area contributed by atoms with Crippen LogP contribution in [-0.4, -0.2) is 62.8 Å². The molecule has 0 amide bonds. The molecule has 2 heterocycles. The van der Waals surface area contributed by atoms with E-state index in [2.05, 4.69) is 37.6 Å². The van der Waals surface area contributed by atoms with Crippen molar-refractivity contribution in [3.63, 3.8) is 0 Å². The van der Waals surface area contributed by atoms with Gasteiger partial charge >= 0.3 is 0 Å². The number of methoxy groups -OCH3 is 1. The summed E-state index contributed by atoms with van der Waals surface area (Å²) in [6, 6.07) is 8.45. The lowest BCUT2D eigenvalue weighted by atomic mass is 10.0. The van der Waals surface area contributed by atoms with Crippen LogP contribution in [0.4, 0.5) is 0 Å². The van der Waals surface area contributed by atoms with Crippen LogP contribution in [0.2, 0.25) is 0 Å². The first-order valence-corrected chi connectivity index (χ1v) is 9.94. The maximum absolute atomic E-state index is 5.63. The summed E-state index contributed by atoms with van der Waals surface area (Å²) in [5.74, 6) is 3.07. The van der Waals surface area contributed by atoms with Crippen molar-refractivity contribution in [3.8, 4) is 5.75 Å². The van der Waals surface area contributed by atoms with E-state index in [1.54, 1.807) is 14.2 Å². The zero-order valence-electron chi connectivity index (χ0n) is 18.1. The predicted octanol–water partition coefficient (Wildman–Crippen LogP) is 2.66. The van der Waals surface area contributed by atoms with Gasteiger partial charge in [-0.15, -0.1) is 24.0 Å². The highest BCUT2D eigenvalue weighted by Gasteiger charge is 2.23. The van der Waals surface area contributed by atoms with E-state index in [1.165, 1.54) is 5.56 Å². The molecule has 0 radical (unpaired) electrons. The fourth-order valence-electron chi connectivity index (χ4n) is 3.36. The molecular formula is C21H32IN5O3. The van der Waals surface area contributed by atoms with Crippen molar-refractivity contribution >= 4 is 29.9 Å². The van der Waals surface area contributed by atoms with Gasteiger partial charge in [0.2, 0.25) is 5.89 Å². The molecule has 1 aliphatic heterocycles. The van der Waals surface area contributed by atoms with Crippen molar-refractivity contribution in [2.75, 3.05) is 47.0 Å². The van der Waals surface area contributed by atoms with Gasteiger partial charge in [0.25, 0.3) is 0 Å². The minimum absolute atomic E-state index is 0. The lowest BCUT2D eigenvalue weighted by Gasteiger charge is -2.35. The van der Waals surface area contributed by atoms with Gasteiger partial charge in [-0.2, -0.15) is 0 Å². The number of benzene rings is 1. The van der Waals surface area contributed by atoms with Gasteiger partial charge in [0.05, 0.1) is 38.6 Å². The van der Waals surface area contributed by atoms with E-state index in [0.717, 1.165) is 50.1 Å². The standard InChI is InChI=1S/C21H31N5O3.HI/c1-15-16(2)29-20(25-15)14-24-21(22-3)23-13-19(26-9-11-28-12-10-26)17-5-7-18(27-4)8-6-17;/h5-8,19H,9-14H2,1-4H3,(H2,22,23,24);1H. The quantitative estimate of drug-likeness (QED) is 0.324. The minimum atomic E-state index is 0. The summed E-state index contributed by atoms with van der Waals surface area (Å²) in [6.07, 6.45) is 0. The molecule has 2 N–H and O–H groups in total. The van der Waals surface area contributed by atoms with Crippen LogP contribution >= 0.6 is 24.0 Å². The third-order valence-electron chi connectivity index (χ3n) is 5.15. The number of nitrogens with zero attached hydrogens (tertiary/aromatic N) is 3. The highest BCUT2D eigenvalue weighted by atomic mass is 127. The van der Waals surface area contributed by atoms with Crippen LogP contribution in [0, 0.1) is 13.8 Å². The summed E-state index contributed by atoms with van der Waals surface area (Å²) >= 11 is 0. The molecule has 1 aliphatic rings. The van der Waals surface area contributed by atoms with Crippen molar-refractivity contribution in [1.29, 1.82) is 0 Å². The van der Waals surface area contributed by atoms with Crippen LogP contribution in [0.3, 0.4) is 0 Å². The summed E-state index contributed by atoms with van der Waals surface area (Å²) in [7, 11) is 3.45. The summed E-state index contributed by atoms with van der Waals surface area (Å²) < 4.78 is 16.5. The third-order valence-corrected chi connectivity index (χ3v) is 5.15. The molecule has 1 fully saturated rings. The van der Waals surface area contributed by atoms with Crippen molar-refractivity contribution in [3.05, 3.63) is 47.2 Å². The second kappa shape index (κ2) is 12.1. The van der Waals surface area contributed by atoms with Crippen LogP contribution in [0.15, 0.2) is 33.7 Å². The van der Waals surface area contributed by atoms with Gasteiger partial charge in [-0.3, -0.25) is 9.89 Å². The largest absolute Gasteiger partial charge is 0.497 e. The number of ether oxygens (including phenoxy) is 2. The topological polar surface area (TPSA) is 84.2 Å². The molecule has 1 saturated heterocycles. The highest BCUT2D eigenvalue weighted by Crippen LogP contribution is 2.23. The number of hydrogen-bond donors (Lipinski definition) is 2. The van der Waals surface area contributed by atoms with Crippen LogP contribution in [0.25, 0.3) is 0 Å². The molecule has 3 rings (SSSR count). The normalized spacial score (nSPS) is 15.9. The Morgan fingerprint density at radius 2 is 1.90 bits per heavy atom. The van der Waals surface area contributed by atoms with E-state index in [-0.39, 0.29) is 30.0 Å². The van der Waals surface area contributed by atoms with Gasteiger partial charge in [0.1, 0.15) is 11.5 Å². The molecule has 1 aromatic carbocycles. The number of guanidine groups is 1. The van der Waals surface area contributed by atoms with Gasteiger partial charge in [0, 0.05) is 26.7 Å². The zero-order valence-corrected chi connectivity index (χ0v) is 20.4. The van der Waals surface area contributed by atoms with Gasteiger partial charge in [-0.1, -0.05) is 12.1 Å². The Balaban J connectivity index is 0.00000320. The molecule has 1 aromatic heterocycles. The Morgan fingerprint density at radius 3 is 2.47 bits per heavy atom. The van der Waals surface area contributed by atoms with Gasteiger partial charge in [0.15, 0.2) is 5.96 Å². The number of aromatic nitrogens is 1. The van der Waals surface area contributed by atoms with E-state index < -0.39 is 0 Å². The number of rotatable bonds is 7. The minimum Gasteiger partial charge on any atom is -0.497 e. The molecule has 30 heavy (non-hydrogen) atoms. The Morgan fingerprint density at radius 1 is 1.20 bits per heavy atom. The second-order valence-electron chi connectivity index (χ2n) is 6.99. The monoisotopic (exact) mass is 529 g/mol. The average molecular weight is 529 g/mol. The SMILES string of the molecule is CN=C(NCc1nc(C)c(C)o1)NCC(c1ccc(OC)cc1)N1CCOCC1.I. The lowest BCUT2D eigenvalue weighted by Crippen LogP contribution is -2.46. The summed E-state index contributed by atoms with van der Waals surface area (Å²) in [5, 5.41) is 6.71. The Bertz CT molecular complexity index is 784. The van der Waals surface area contributed by atoms with E-state index in [4.69, 9.17) is 13.9 Å². The van der Waals surface area contributed by atoms with Crippen molar-refractivity contribution in [2.45, 2.75) is 26.4 Å². The smallest absolute Gasteiger partial charge is 0.214 e. The van der Waals surface area contributed by atoms with Crippen LogP contribution in [-0.2, 0) is 11.3 Å². The van der Waals surface area contributed by atoms with E-state index in [1.807, 2.05) is 26.0 Å². The lowest BCUT2D eigenvalue weighted by molar-refractivity contribution is 0.0170. The van der Waals surface area contributed by atoms with Crippen LogP contribution in [0.1, 0.15) is 29.0 Å². The van der Waals surface area contributed by atoms with Crippen molar-refractivity contribution in [1.82, 2.24) is 20.5 Å². The number of hydrogen-bond acceptors (Lipinski definition) is 6. The fraction of sp³-hybridized carbons (Fsp3) is 0.524. The summed E-state index contributed by atoms with van der Waals surface area (Å²) in [6.45, 7) is 8.37. The molecule has 1 atom stereocenters. The molecule has 8 nitrogen and oxygen atoms in total. The highest BCUT2D eigenvalue weighted by molar-refractivity contribution is 14.0.